The summed E-state index contributed by atoms with van der Waals surface area (Å²) in [6.45, 7) is 7.51. The highest BCUT2D eigenvalue weighted by atomic mass is 16.1. The molecule has 0 aliphatic rings. The van der Waals surface area contributed by atoms with Crippen LogP contribution in [-0.4, -0.2) is 4.98 Å². The number of rotatable bonds is 1. The number of para-hydroxylation sites is 1. The summed E-state index contributed by atoms with van der Waals surface area (Å²) < 4.78 is 0. The van der Waals surface area contributed by atoms with Crippen molar-refractivity contribution in [1.29, 1.82) is 0 Å². The normalized spacial score (nSPS) is 11.9. The lowest BCUT2D eigenvalue weighted by Crippen LogP contribution is -2.40. The van der Waals surface area contributed by atoms with Gasteiger partial charge in [0.2, 0.25) is 0 Å². The number of allylic oxidation sites excluding steroid dienone is 1. The Morgan fingerprint density at radius 3 is 2.73 bits per heavy atom. The van der Waals surface area contributed by atoms with Crippen molar-refractivity contribution in [2.75, 3.05) is 0 Å². The SMILES string of the molecule is C=C/C=c1/c(=O)[nH]c2ccccc2c1=C. The summed E-state index contributed by atoms with van der Waals surface area (Å²) in [5.41, 5.74) is 0.687. The van der Waals surface area contributed by atoms with E-state index in [4.69, 9.17) is 0 Å². The highest BCUT2D eigenvalue weighted by molar-refractivity contribution is 5.79. The topological polar surface area (TPSA) is 32.9 Å². The first-order chi connectivity index (χ1) is 7.24. The first-order valence-corrected chi connectivity index (χ1v) is 4.67. The van der Waals surface area contributed by atoms with Crippen LogP contribution in [0.25, 0.3) is 23.6 Å². The number of aromatic nitrogens is 1. The van der Waals surface area contributed by atoms with Gasteiger partial charge >= 0.3 is 0 Å². The number of nitrogens with one attached hydrogen (secondary N) is 1. The van der Waals surface area contributed by atoms with Crippen LogP contribution >= 0.6 is 0 Å². The zero-order valence-corrected chi connectivity index (χ0v) is 8.29. The highest BCUT2D eigenvalue weighted by Gasteiger charge is 1.97. The molecule has 0 bridgehead atoms. The zero-order chi connectivity index (χ0) is 10.8. The minimum Gasteiger partial charge on any atom is -0.321 e. The highest BCUT2D eigenvalue weighted by Crippen LogP contribution is 2.01. The molecule has 0 saturated carbocycles. The standard InChI is InChI=1S/C13H11NO/c1-3-6-11-9(2)10-7-4-5-8-12(10)14-13(11)15/h3-8H,1-2H2,(H,14,15)/b11-6+. The van der Waals surface area contributed by atoms with Gasteiger partial charge in [0, 0.05) is 16.1 Å². The minimum absolute atomic E-state index is 0.126. The number of pyridine rings is 1. The fourth-order valence-electron chi connectivity index (χ4n) is 1.62. The minimum atomic E-state index is -0.126. The van der Waals surface area contributed by atoms with Crippen LogP contribution in [0, 0.1) is 0 Å². The molecule has 0 unspecified atom stereocenters. The van der Waals surface area contributed by atoms with Gasteiger partial charge in [-0.1, -0.05) is 37.4 Å². The monoisotopic (exact) mass is 197 g/mol. The fraction of sp³-hybridized carbons (Fsp3) is 0. The lowest BCUT2D eigenvalue weighted by atomic mass is 10.1. The predicted molar refractivity (Wildman–Crippen MR) is 64.0 cm³/mol. The third-order valence-corrected chi connectivity index (χ3v) is 2.35. The molecule has 1 heterocycles. The molecule has 0 radical (unpaired) electrons. The summed E-state index contributed by atoms with van der Waals surface area (Å²) >= 11 is 0. The molecule has 0 aliphatic carbocycles. The Kier molecular flexibility index (Phi) is 2.26. The second kappa shape index (κ2) is 3.58. The van der Waals surface area contributed by atoms with Crippen molar-refractivity contribution in [1.82, 2.24) is 4.98 Å². The van der Waals surface area contributed by atoms with E-state index in [1.54, 1.807) is 12.2 Å². The molecule has 0 saturated heterocycles. The molecule has 74 valence electrons. The number of fused-ring (bicyclic) bond motifs is 1. The van der Waals surface area contributed by atoms with Crippen LogP contribution in [0.1, 0.15) is 0 Å². The van der Waals surface area contributed by atoms with Crippen LogP contribution in [-0.2, 0) is 0 Å². The molecule has 1 aromatic carbocycles. The van der Waals surface area contributed by atoms with Crippen molar-refractivity contribution >= 4 is 23.6 Å². The third kappa shape index (κ3) is 1.50. The van der Waals surface area contributed by atoms with Crippen LogP contribution < -0.4 is 16.0 Å². The maximum Gasteiger partial charge on any atom is 0.256 e. The molecule has 1 N–H and O–H groups in total. The maximum absolute atomic E-state index is 11.7. The Bertz CT molecular complexity index is 680. The summed E-state index contributed by atoms with van der Waals surface area (Å²) in [6, 6.07) is 7.61. The summed E-state index contributed by atoms with van der Waals surface area (Å²) in [4.78, 5) is 14.5. The van der Waals surface area contributed by atoms with Crippen molar-refractivity contribution in [2.24, 2.45) is 0 Å². The third-order valence-electron chi connectivity index (χ3n) is 2.35. The van der Waals surface area contributed by atoms with Gasteiger partial charge in [-0.05, 0) is 17.4 Å². The van der Waals surface area contributed by atoms with E-state index in [2.05, 4.69) is 18.1 Å². The molecular formula is C13H11NO. The smallest absolute Gasteiger partial charge is 0.256 e. The van der Waals surface area contributed by atoms with Gasteiger partial charge in [0.1, 0.15) is 0 Å². The molecule has 2 rings (SSSR count). The number of hydrogen-bond donors (Lipinski definition) is 1. The average molecular weight is 197 g/mol. The predicted octanol–water partition coefficient (Wildman–Crippen LogP) is 0.905. The van der Waals surface area contributed by atoms with E-state index >= 15 is 0 Å². The van der Waals surface area contributed by atoms with E-state index in [0.29, 0.717) is 5.22 Å². The molecule has 0 spiro atoms. The lowest BCUT2D eigenvalue weighted by molar-refractivity contribution is 1.25. The van der Waals surface area contributed by atoms with E-state index in [1.165, 1.54) is 0 Å². The second-order valence-corrected chi connectivity index (χ2v) is 3.29. The number of hydrogen-bond acceptors (Lipinski definition) is 1. The molecule has 0 aliphatic heterocycles. The first-order valence-electron chi connectivity index (χ1n) is 4.67. The van der Waals surface area contributed by atoms with Gasteiger partial charge in [-0.2, -0.15) is 0 Å². The van der Waals surface area contributed by atoms with Crippen LogP contribution in [0.15, 0.2) is 41.7 Å². The molecule has 15 heavy (non-hydrogen) atoms. The van der Waals surface area contributed by atoms with E-state index in [-0.39, 0.29) is 5.56 Å². The summed E-state index contributed by atoms with van der Waals surface area (Å²) in [5.74, 6) is 0. The van der Waals surface area contributed by atoms with E-state index in [0.717, 1.165) is 16.1 Å². The Morgan fingerprint density at radius 1 is 1.27 bits per heavy atom. The Morgan fingerprint density at radius 2 is 2.00 bits per heavy atom. The molecule has 0 fully saturated rings. The van der Waals surface area contributed by atoms with Gasteiger partial charge in [0.15, 0.2) is 0 Å². The molecule has 0 atom stereocenters. The van der Waals surface area contributed by atoms with Crippen molar-refractivity contribution in [3.8, 4) is 0 Å². The van der Waals surface area contributed by atoms with Crippen LogP contribution in [0.5, 0.6) is 0 Å². The second-order valence-electron chi connectivity index (χ2n) is 3.29. The number of benzene rings is 1. The van der Waals surface area contributed by atoms with Gasteiger partial charge < -0.3 is 4.98 Å². The van der Waals surface area contributed by atoms with Crippen LogP contribution in [0.4, 0.5) is 0 Å². The average Bonchev–Trinajstić information content (AvgIpc) is 2.24. The number of aromatic amines is 1. The van der Waals surface area contributed by atoms with Crippen molar-refractivity contribution < 1.29 is 0 Å². The Balaban J connectivity index is 3.11. The lowest BCUT2D eigenvalue weighted by Gasteiger charge is -1.97. The summed E-state index contributed by atoms with van der Waals surface area (Å²) in [6.07, 6.45) is 3.27. The molecule has 1 aromatic heterocycles. The maximum atomic E-state index is 11.7. The molecule has 2 aromatic rings. The summed E-state index contributed by atoms with van der Waals surface area (Å²) in [7, 11) is 0. The van der Waals surface area contributed by atoms with Gasteiger partial charge in [0.25, 0.3) is 5.56 Å². The fourth-order valence-corrected chi connectivity index (χ4v) is 1.62. The van der Waals surface area contributed by atoms with Gasteiger partial charge in [-0.3, -0.25) is 4.79 Å². The molecule has 2 heteroatoms. The van der Waals surface area contributed by atoms with E-state index in [1.807, 2.05) is 24.3 Å². The van der Waals surface area contributed by atoms with Crippen molar-refractivity contribution in [3.63, 3.8) is 0 Å². The molecular weight excluding hydrogens is 186 g/mol. The van der Waals surface area contributed by atoms with Gasteiger partial charge in [-0.25, -0.2) is 0 Å². The molecule has 0 amide bonds. The zero-order valence-electron chi connectivity index (χ0n) is 8.29. The Hall–Kier alpha value is -2.09. The largest absolute Gasteiger partial charge is 0.321 e. The molecule has 2 nitrogen and oxygen atoms in total. The summed E-state index contributed by atoms with van der Waals surface area (Å²) in [5, 5.41) is 2.28. The Labute approximate surface area is 86.9 Å². The van der Waals surface area contributed by atoms with Gasteiger partial charge in [0.05, 0.1) is 0 Å². The van der Waals surface area contributed by atoms with E-state index < -0.39 is 0 Å². The van der Waals surface area contributed by atoms with Gasteiger partial charge in [-0.15, -0.1) is 0 Å². The quantitative estimate of drug-likeness (QED) is 0.724. The van der Waals surface area contributed by atoms with E-state index in [9.17, 15) is 4.79 Å². The van der Waals surface area contributed by atoms with Crippen LogP contribution in [0.3, 0.4) is 0 Å². The first kappa shape index (κ1) is 9.46. The number of H-pyrrole nitrogens is 1. The van der Waals surface area contributed by atoms with Crippen molar-refractivity contribution in [2.45, 2.75) is 0 Å². The van der Waals surface area contributed by atoms with Crippen molar-refractivity contribution in [3.05, 3.63) is 57.7 Å². The van der Waals surface area contributed by atoms with Crippen LogP contribution in [0.2, 0.25) is 0 Å².